The Morgan fingerprint density at radius 2 is 2.12 bits per heavy atom. The number of aromatic carboxylic acids is 1. The molecule has 0 aliphatic carbocycles. The molecule has 17 heavy (non-hydrogen) atoms. The summed E-state index contributed by atoms with van der Waals surface area (Å²) in [6.07, 6.45) is 0. The minimum atomic E-state index is -0.928. The highest BCUT2D eigenvalue weighted by Crippen LogP contribution is 2.37. The molecule has 3 N–H and O–H groups in total. The zero-order chi connectivity index (χ0) is 12.4. The average Bonchev–Trinajstić information content (AvgIpc) is 2.71. The van der Waals surface area contributed by atoms with Crippen LogP contribution in [0.1, 0.15) is 9.67 Å². The second kappa shape index (κ2) is 5.00. The zero-order valence-electron chi connectivity index (χ0n) is 8.51. The molecule has 1 aromatic carbocycles. The largest absolute Gasteiger partial charge is 0.477 e. The fourth-order valence-electron chi connectivity index (χ4n) is 1.25. The van der Waals surface area contributed by atoms with Gasteiger partial charge in [-0.2, -0.15) is 0 Å². The molecule has 0 spiro atoms. The van der Waals surface area contributed by atoms with Crippen LogP contribution in [0, 0.1) is 0 Å². The van der Waals surface area contributed by atoms with E-state index in [1.54, 1.807) is 29.6 Å². The van der Waals surface area contributed by atoms with Gasteiger partial charge in [0.1, 0.15) is 4.88 Å². The van der Waals surface area contributed by atoms with Gasteiger partial charge in [-0.3, -0.25) is 0 Å². The topological polar surface area (TPSA) is 63.3 Å². The van der Waals surface area contributed by atoms with Crippen LogP contribution >= 0.6 is 34.7 Å². The van der Waals surface area contributed by atoms with Crippen LogP contribution in [0.3, 0.4) is 0 Å². The number of anilines is 1. The predicted molar refractivity (Wildman–Crippen MR) is 71.3 cm³/mol. The van der Waals surface area contributed by atoms with E-state index in [1.165, 1.54) is 23.1 Å². The minimum Gasteiger partial charge on any atom is -0.477 e. The predicted octanol–water partition coefficient (Wildman–Crippen LogP) is 3.83. The molecule has 2 aromatic rings. The monoisotopic (exact) mass is 285 g/mol. The molecule has 0 saturated carbocycles. The fourth-order valence-corrected chi connectivity index (χ4v) is 3.39. The molecule has 1 heterocycles. The van der Waals surface area contributed by atoms with Crippen molar-refractivity contribution in [2.24, 2.45) is 0 Å². The van der Waals surface area contributed by atoms with E-state index >= 15 is 0 Å². The Morgan fingerprint density at radius 3 is 2.82 bits per heavy atom. The first-order valence-corrected chi connectivity index (χ1v) is 6.69. The second-order valence-corrected chi connectivity index (χ2v) is 5.64. The number of benzene rings is 1. The van der Waals surface area contributed by atoms with E-state index < -0.39 is 5.97 Å². The lowest BCUT2D eigenvalue weighted by Gasteiger charge is -2.05. The highest BCUT2D eigenvalue weighted by Gasteiger charge is 2.13. The lowest BCUT2D eigenvalue weighted by atomic mass is 10.3. The molecule has 3 nitrogen and oxygen atoms in total. The number of halogens is 1. The van der Waals surface area contributed by atoms with Gasteiger partial charge in [0.15, 0.2) is 0 Å². The third-order valence-electron chi connectivity index (χ3n) is 2.02. The van der Waals surface area contributed by atoms with Gasteiger partial charge in [0.25, 0.3) is 0 Å². The summed E-state index contributed by atoms with van der Waals surface area (Å²) in [4.78, 5) is 12.7. The number of carboxylic acids is 1. The molecule has 0 fully saturated rings. The van der Waals surface area contributed by atoms with E-state index in [1.807, 2.05) is 0 Å². The number of nitrogens with two attached hydrogens (primary N) is 1. The van der Waals surface area contributed by atoms with Gasteiger partial charge < -0.3 is 10.8 Å². The molecular formula is C11H8ClNO2S2. The first-order chi connectivity index (χ1) is 8.08. The van der Waals surface area contributed by atoms with E-state index in [0.29, 0.717) is 20.5 Å². The highest BCUT2D eigenvalue weighted by molar-refractivity contribution is 7.99. The molecular weight excluding hydrogens is 278 g/mol. The van der Waals surface area contributed by atoms with Gasteiger partial charge in [0.05, 0.1) is 0 Å². The Bertz CT molecular complexity index is 568. The molecule has 88 valence electrons. The second-order valence-electron chi connectivity index (χ2n) is 3.20. The normalized spacial score (nSPS) is 10.4. The summed E-state index contributed by atoms with van der Waals surface area (Å²) in [6.45, 7) is 0. The van der Waals surface area contributed by atoms with Crippen molar-refractivity contribution in [2.45, 2.75) is 9.79 Å². The molecule has 0 bridgehead atoms. The van der Waals surface area contributed by atoms with Crippen molar-refractivity contribution < 1.29 is 9.90 Å². The summed E-state index contributed by atoms with van der Waals surface area (Å²) in [5.74, 6) is -0.928. The Kier molecular flexibility index (Phi) is 3.61. The molecule has 2 rings (SSSR count). The molecule has 0 radical (unpaired) electrons. The molecule has 0 atom stereocenters. The number of hydrogen-bond acceptors (Lipinski definition) is 4. The summed E-state index contributed by atoms with van der Waals surface area (Å²) in [5.41, 5.74) is 6.39. The lowest BCUT2D eigenvalue weighted by molar-refractivity contribution is 0.0699. The van der Waals surface area contributed by atoms with Crippen molar-refractivity contribution >= 4 is 46.4 Å². The SMILES string of the molecule is Nc1ccc(Cl)cc1Sc1ccsc1C(=O)O. The summed E-state index contributed by atoms with van der Waals surface area (Å²) in [6, 6.07) is 6.90. The van der Waals surface area contributed by atoms with Gasteiger partial charge in [0.2, 0.25) is 0 Å². The van der Waals surface area contributed by atoms with Crippen LogP contribution in [-0.2, 0) is 0 Å². The Labute approximate surface area is 111 Å². The van der Waals surface area contributed by atoms with Gasteiger partial charge >= 0.3 is 5.97 Å². The Balaban J connectivity index is 2.34. The maximum Gasteiger partial charge on any atom is 0.347 e. The van der Waals surface area contributed by atoms with Crippen LogP contribution in [0.5, 0.6) is 0 Å². The molecule has 0 amide bonds. The molecule has 1 aromatic heterocycles. The number of hydrogen-bond donors (Lipinski definition) is 2. The standard InChI is InChI=1S/C11H8ClNO2S2/c12-6-1-2-7(13)9(5-6)17-8-3-4-16-10(8)11(14)15/h1-5H,13H2,(H,14,15). The Morgan fingerprint density at radius 1 is 1.35 bits per heavy atom. The number of rotatable bonds is 3. The van der Waals surface area contributed by atoms with Gasteiger partial charge in [-0.25, -0.2) is 4.79 Å². The van der Waals surface area contributed by atoms with Crippen LogP contribution in [-0.4, -0.2) is 11.1 Å². The summed E-state index contributed by atoms with van der Waals surface area (Å²) >= 11 is 8.38. The van der Waals surface area contributed by atoms with Crippen LogP contribution in [0.25, 0.3) is 0 Å². The van der Waals surface area contributed by atoms with Crippen molar-refractivity contribution in [3.63, 3.8) is 0 Å². The van der Waals surface area contributed by atoms with Crippen molar-refractivity contribution in [3.8, 4) is 0 Å². The molecule has 0 aliphatic rings. The van der Waals surface area contributed by atoms with Crippen LogP contribution in [0.2, 0.25) is 5.02 Å². The molecule has 0 unspecified atom stereocenters. The van der Waals surface area contributed by atoms with Crippen LogP contribution in [0.15, 0.2) is 39.4 Å². The Hall–Kier alpha value is -1.17. The average molecular weight is 286 g/mol. The van der Waals surface area contributed by atoms with E-state index in [2.05, 4.69) is 0 Å². The smallest absolute Gasteiger partial charge is 0.347 e. The van der Waals surface area contributed by atoms with Crippen LogP contribution < -0.4 is 5.73 Å². The maximum absolute atomic E-state index is 11.0. The van der Waals surface area contributed by atoms with Crippen molar-refractivity contribution in [1.82, 2.24) is 0 Å². The van der Waals surface area contributed by atoms with Gasteiger partial charge in [-0.05, 0) is 29.6 Å². The van der Waals surface area contributed by atoms with Crippen molar-refractivity contribution in [3.05, 3.63) is 39.5 Å². The van der Waals surface area contributed by atoms with Gasteiger partial charge in [0, 0.05) is 20.5 Å². The molecule has 0 aliphatic heterocycles. The van der Waals surface area contributed by atoms with Gasteiger partial charge in [-0.1, -0.05) is 23.4 Å². The fraction of sp³-hybridized carbons (Fsp3) is 0. The third kappa shape index (κ3) is 2.74. The lowest BCUT2D eigenvalue weighted by Crippen LogP contribution is -1.94. The number of carbonyl (C=O) groups is 1. The number of nitrogen functional groups attached to an aromatic ring is 1. The van der Waals surface area contributed by atoms with E-state index in [9.17, 15) is 4.79 Å². The maximum atomic E-state index is 11.0. The van der Waals surface area contributed by atoms with E-state index in [-0.39, 0.29) is 0 Å². The van der Waals surface area contributed by atoms with E-state index in [0.717, 1.165) is 4.90 Å². The first kappa shape index (κ1) is 12.3. The summed E-state index contributed by atoms with van der Waals surface area (Å²) < 4.78 is 0. The highest BCUT2D eigenvalue weighted by atomic mass is 35.5. The van der Waals surface area contributed by atoms with Crippen molar-refractivity contribution in [2.75, 3.05) is 5.73 Å². The quantitative estimate of drug-likeness (QED) is 0.841. The molecule has 0 saturated heterocycles. The van der Waals surface area contributed by atoms with Crippen molar-refractivity contribution in [1.29, 1.82) is 0 Å². The number of carboxylic acid groups (broad SMARTS) is 1. The van der Waals surface area contributed by atoms with Gasteiger partial charge in [-0.15, -0.1) is 11.3 Å². The summed E-state index contributed by atoms with van der Waals surface area (Å²) in [7, 11) is 0. The number of thiophene rings is 1. The van der Waals surface area contributed by atoms with Crippen LogP contribution in [0.4, 0.5) is 5.69 Å². The van der Waals surface area contributed by atoms with E-state index in [4.69, 9.17) is 22.4 Å². The first-order valence-electron chi connectivity index (χ1n) is 4.61. The third-order valence-corrected chi connectivity index (χ3v) is 4.42. The molecule has 6 heteroatoms. The zero-order valence-corrected chi connectivity index (χ0v) is 10.9. The summed E-state index contributed by atoms with van der Waals surface area (Å²) in [5, 5.41) is 11.3. The minimum absolute atomic E-state index is 0.314.